The Morgan fingerprint density at radius 2 is 1.74 bits per heavy atom. The van der Waals surface area contributed by atoms with Crippen LogP contribution in [0.5, 0.6) is 11.5 Å². The highest BCUT2D eigenvalue weighted by Crippen LogP contribution is 2.28. The van der Waals surface area contributed by atoms with E-state index in [2.05, 4.69) is 16.7 Å². The zero-order valence-electron chi connectivity index (χ0n) is 19.5. The molecular weight excluding hydrogens is 430 g/mol. The van der Waals surface area contributed by atoms with Crippen molar-refractivity contribution in [2.45, 2.75) is 25.8 Å². The molecule has 0 spiro atoms. The summed E-state index contributed by atoms with van der Waals surface area (Å²) in [6.07, 6.45) is 2.97. The van der Waals surface area contributed by atoms with Gasteiger partial charge in [-0.25, -0.2) is 4.79 Å². The number of hydrogen-bond acceptors (Lipinski definition) is 4. The minimum Gasteiger partial charge on any atom is -0.493 e. The number of rotatable bonds is 6. The molecule has 2 N–H and O–H groups in total. The smallest absolute Gasteiger partial charge is 0.326 e. The SMILES string of the molecule is COc1ccc(CNC(=O)c2cccc(NC(=O)N3CCCCc4ccccc43)c2)cc1OC. The van der Waals surface area contributed by atoms with Gasteiger partial charge in [-0.2, -0.15) is 0 Å². The fourth-order valence-electron chi connectivity index (χ4n) is 4.11. The third-order valence-electron chi connectivity index (χ3n) is 5.88. The average Bonchev–Trinajstić information content (AvgIpc) is 3.10. The number of methoxy groups -OCH3 is 2. The zero-order chi connectivity index (χ0) is 23.9. The molecule has 3 aromatic carbocycles. The average molecular weight is 460 g/mol. The third kappa shape index (κ3) is 5.31. The number of amides is 3. The summed E-state index contributed by atoms with van der Waals surface area (Å²) >= 11 is 0. The molecule has 0 atom stereocenters. The van der Waals surface area contributed by atoms with Crippen molar-refractivity contribution >= 4 is 23.3 Å². The van der Waals surface area contributed by atoms with Gasteiger partial charge in [0.1, 0.15) is 0 Å². The number of nitrogens with zero attached hydrogens (tertiary/aromatic N) is 1. The summed E-state index contributed by atoms with van der Waals surface area (Å²) in [5.74, 6) is 1.01. The van der Waals surface area contributed by atoms with Crippen LogP contribution in [-0.2, 0) is 13.0 Å². The molecule has 1 aliphatic rings. The highest BCUT2D eigenvalue weighted by Gasteiger charge is 2.21. The summed E-state index contributed by atoms with van der Waals surface area (Å²) in [5, 5.41) is 5.86. The number of para-hydroxylation sites is 1. The monoisotopic (exact) mass is 459 g/mol. The Morgan fingerprint density at radius 1 is 0.912 bits per heavy atom. The topological polar surface area (TPSA) is 79.9 Å². The van der Waals surface area contributed by atoms with Crippen LogP contribution >= 0.6 is 0 Å². The van der Waals surface area contributed by atoms with Crippen LogP contribution in [0.15, 0.2) is 66.7 Å². The van der Waals surface area contributed by atoms with Crippen molar-refractivity contribution in [3.05, 3.63) is 83.4 Å². The van der Waals surface area contributed by atoms with Crippen LogP contribution in [0, 0.1) is 0 Å². The first kappa shape index (κ1) is 23.2. The van der Waals surface area contributed by atoms with E-state index in [1.165, 1.54) is 5.56 Å². The lowest BCUT2D eigenvalue weighted by Gasteiger charge is -2.23. The van der Waals surface area contributed by atoms with Crippen LogP contribution < -0.4 is 25.0 Å². The van der Waals surface area contributed by atoms with Crippen molar-refractivity contribution in [2.24, 2.45) is 0 Å². The summed E-state index contributed by atoms with van der Waals surface area (Å²) in [5.41, 5.74) is 4.05. The molecule has 176 valence electrons. The molecule has 3 amide bonds. The number of fused-ring (bicyclic) bond motifs is 1. The fraction of sp³-hybridized carbons (Fsp3) is 0.259. The Kier molecular flexibility index (Phi) is 7.32. The Balaban J connectivity index is 1.42. The predicted molar refractivity (Wildman–Crippen MR) is 133 cm³/mol. The summed E-state index contributed by atoms with van der Waals surface area (Å²) in [7, 11) is 3.15. The second-order valence-electron chi connectivity index (χ2n) is 8.12. The van der Waals surface area contributed by atoms with E-state index in [0.717, 1.165) is 30.5 Å². The number of nitrogens with one attached hydrogen (secondary N) is 2. The fourth-order valence-corrected chi connectivity index (χ4v) is 4.11. The Hall–Kier alpha value is -4.00. The van der Waals surface area contributed by atoms with Gasteiger partial charge in [0, 0.05) is 30.0 Å². The first-order valence-electron chi connectivity index (χ1n) is 11.3. The van der Waals surface area contributed by atoms with Crippen molar-refractivity contribution in [1.29, 1.82) is 0 Å². The van der Waals surface area contributed by atoms with E-state index in [9.17, 15) is 9.59 Å². The molecule has 0 unspecified atom stereocenters. The van der Waals surface area contributed by atoms with Crippen LogP contribution in [-0.4, -0.2) is 32.7 Å². The number of aryl methyl sites for hydroxylation is 1. The minimum atomic E-state index is -0.231. The van der Waals surface area contributed by atoms with E-state index in [1.807, 2.05) is 30.3 Å². The van der Waals surface area contributed by atoms with Crippen LogP contribution in [0.4, 0.5) is 16.2 Å². The van der Waals surface area contributed by atoms with Crippen molar-refractivity contribution in [2.75, 3.05) is 31.0 Å². The molecule has 7 heteroatoms. The van der Waals surface area contributed by atoms with Gasteiger partial charge < -0.3 is 20.1 Å². The van der Waals surface area contributed by atoms with Gasteiger partial charge in [-0.1, -0.05) is 30.3 Å². The number of ether oxygens (including phenoxy) is 2. The maximum atomic E-state index is 13.1. The largest absolute Gasteiger partial charge is 0.493 e. The van der Waals surface area contributed by atoms with Crippen molar-refractivity contribution in [3.8, 4) is 11.5 Å². The summed E-state index contributed by atoms with van der Waals surface area (Å²) in [6.45, 7) is 0.995. The minimum absolute atomic E-state index is 0.197. The molecule has 1 aliphatic heterocycles. The van der Waals surface area contributed by atoms with E-state index < -0.39 is 0 Å². The molecule has 0 saturated heterocycles. The normalized spacial score (nSPS) is 12.8. The van der Waals surface area contributed by atoms with Crippen LogP contribution in [0.3, 0.4) is 0 Å². The number of benzene rings is 3. The second kappa shape index (κ2) is 10.7. The molecule has 0 aromatic heterocycles. The second-order valence-corrected chi connectivity index (χ2v) is 8.12. The van der Waals surface area contributed by atoms with Gasteiger partial charge in [-0.15, -0.1) is 0 Å². The Morgan fingerprint density at radius 3 is 2.56 bits per heavy atom. The Bertz CT molecular complexity index is 1180. The highest BCUT2D eigenvalue weighted by atomic mass is 16.5. The van der Waals surface area contributed by atoms with E-state index in [1.54, 1.807) is 49.5 Å². The molecule has 34 heavy (non-hydrogen) atoms. The standard InChI is InChI=1S/C27H29N3O4/c1-33-24-14-13-19(16-25(24)34-2)18-28-26(31)21-10-7-11-22(17-21)29-27(32)30-15-6-5-9-20-8-3-4-12-23(20)30/h3-4,7-8,10-14,16-17H,5-6,9,15,18H2,1-2H3,(H,28,31)(H,29,32). The van der Waals surface area contributed by atoms with E-state index in [-0.39, 0.29) is 11.9 Å². The molecule has 0 fully saturated rings. The maximum Gasteiger partial charge on any atom is 0.326 e. The third-order valence-corrected chi connectivity index (χ3v) is 5.88. The van der Waals surface area contributed by atoms with Crippen LogP contribution in [0.1, 0.15) is 34.3 Å². The quantitative estimate of drug-likeness (QED) is 0.543. The van der Waals surface area contributed by atoms with Gasteiger partial charge in [0.2, 0.25) is 0 Å². The van der Waals surface area contributed by atoms with Crippen LogP contribution in [0.2, 0.25) is 0 Å². The van der Waals surface area contributed by atoms with E-state index >= 15 is 0 Å². The summed E-state index contributed by atoms with van der Waals surface area (Å²) in [4.78, 5) is 27.6. The van der Waals surface area contributed by atoms with Gasteiger partial charge >= 0.3 is 6.03 Å². The number of anilines is 2. The molecule has 3 aromatic rings. The van der Waals surface area contributed by atoms with Crippen molar-refractivity contribution in [1.82, 2.24) is 5.32 Å². The lowest BCUT2D eigenvalue weighted by atomic mass is 10.1. The molecule has 0 radical (unpaired) electrons. The van der Waals surface area contributed by atoms with E-state index in [0.29, 0.717) is 35.8 Å². The number of carbonyl (C=O) groups excluding carboxylic acids is 2. The molecule has 7 nitrogen and oxygen atoms in total. The van der Waals surface area contributed by atoms with Gasteiger partial charge in [0.15, 0.2) is 11.5 Å². The van der Waals surface area contributed by atoms with Gasteiger partial charge in [-0.05, 0) is 66.8 Å². The summed E-state index contributed by atoms with van der Waals surface area (Å²) < 4.78 is 10.6. The molecular formula is C27H29N3O4. The number of hydrogen-bond donors (Lipinski definition) is 2. The first-order chi connectivity index (χ1) is 16.6. The zero-order valence-corrected chi connectivity index (χ0v) is 19.5. The van der Waals surface area contributed by atoms with Gasteiger partial charge in [-0.3, -0.25) is 9.69 Å². The lowest BCUT2D eigenvalue weighted by molar-refractivity contribution is 0.0951. The maximum absolute atomic E-state index is 13.1. The van der Waals surface area contributed by atoms with Crippen molar-refractivity contribution < 1.29 is 19.1 Å². The number of carbonyl (C=O) groups is 2. The van der Waals surface area contributed by atoms with Crippen molar-refractivity contribution in [3.63, 3.8) is 0 Å². The van der Waals surface area contributed by atoms with Gasteiger partial charge in [0.05, 0.1) is 14.2 Å². The molecule has 0 bridgehead atoms. The predicted octanol–water partition coefficient (Wildman–Crippen LogP) is 5.01. The summed E-state index contributed by atoms with van der Waals surface area (Å²) in [6, 6.07) is 20.3. The first-order valence-corrected chi connectivity index (χ1v) is 11.3. The van der Waals surface area contributed by atoms with E-state index in [4.69, 9.17) is 9.47 Å². The number of urea groups is 1. The Labute approximate surface area is 199 Å². The molecule has 0 saturated carbocycles. The lowest BCUT2D eigenvalue weighted by Crippen LogP contribution is -2.35. The molecule has 4 rings (SSSR count). The van der Waals surface area contributed by atoms with Crippen LogP contribution in [0.25, 0.3) is 0 Å². The molecule has 0 aliphatic carbocycles. The molecule has 1 heterocycles. The highest BCUT2D eigenvalue weighted by molar-refractivity contribution is 6.03. The van der Waals surface area contributed by atoms with Gasteiger partial charge in [0.25, 0.3) is 5.91 Å².